The van der Waals surface area contributed by atoms with Crippen molar-refractivity contribution in [3.8, 4) is 0 Å². The molecule has 2 rings (SSSR count). The van der Waals surface area contributed by atoms with E-state index in [2.05, 4.69) is 42.1 Å². The summed E-state index contributed by atoms with van der Waals surface area (Å²) in [7, 11) is 0. The summed E-state index contributed by atoms with van der Waals surface area (Å²) in [5.41, 5.74) is 0.220. The average Bonchev–Trinajstić information content (AvgIpc) is 2.81. The van der Waals surface area contributed by atoms with Gasteiger partial charge in [-0.3, -0.25) is 0 Å². The average molecular weight is 484 g/mol. The number of carbonyl (C=O) groups excluding carboxylic acids is 1. The normalized spacial score (nSPS) is 9.73. The Morgan fingerprint density at radius 2 is 1.06 bits per heavy atom. The molecule has 1 heterocycles. The quantitative estimate of drug-likeness (QED) is 0.198. The van der Waals surface area contributed by atoms with E-state index in [1.807, 2.05) is 0 Å². The Morgan fingerprint density at radius 3 is 1.45 bits per heavy atom. The van der Waals surface area contributed by atoms with Gasteiger partial charge in [-0.05, 0) is 12.0 Å². The Hall–Kier alpha value is -0.870. The third-order valence-electron chi connectivity index (χ3n) is 5.56. The summed E-state index contributed by atoms with van der Waals surface area (Å²) >= 11 is 0. The van der Waals surface area contributed by atoms with E-state index in [0.717, 1.165) is 0 Å². The second-order valence-corrected chi connectivity index (χ2v) is 8.36. The molecule has 0 N–H and O–H groups in total. The van der Waals surface area contributed by atoms with Gasteiger partial charge in [-0.1, -0.05) is 120 Å². The fourth-order valence-electron chi connectivity index (χ4n) is 3.65. The van der Waals surface area contributed by atoms with Crippen molar-refractivity contribution in [3.05, 3.63) is 66.5 Å². The molecule has 0 fully saturated rings. The van der Waals surface area contributed by atoms with E-state index in [9.17, 15) is 9.90 Å². The van der Waals surface area contributed by atoms with E-state index < -0.39 is 5.97 Å². The fraction of sp³-hybridized carbons (Fsp3) is 0.571. The maximum Gasteiger partial charge on any atom is 1.00 e. The molecule has 0 unspecified atom stereocenters. The van der Waals surface area contributed by atoms with Crippen LogP contribution in [-0.2, 0) is 6.54 Å². The Balaban J connectivity index is 0. The first-order valence-electron chi connectivity index (χ1n) is 12.4. The van der Waals surface area contributed by atoms with Crippen LogP contribution in [0.3, 0.4) is 0 Å². The Bertz CT molecular complexity index is 655. The molecule has 1 aromatic heterocycles. The van der Waals surface area contributed by atoms with Gasteiger partial charge in [-0.25, -0.2) is 4.57 Å². The number of carboxylic acid groups (broad SMARTS) is 1. The van der Waals surface area contributed by atoms with Gasteiger partial charge in [0.25, 0.3) is 0 Å². The molecular weight excluding hydrogens is 441 g/mol. The molecule has 2 aromatic rings. The van der Waals surface area contributed by atoms with Gasteiger partial charge in [-0.2, -0.15) is 0 Å². The molecule has 5 heteroatoms. The number of pyridine rings is 1. The topological polar surface area (TPSA) is 44.0 Å². The van der Waals surface area contributed by atoms with Crippen LogP contribution in [-0.4, -0.2) is 5.97 Å². The van der Waals surface area contributed by atoms with Gasteiger partial charge in [0.1, 0.15) is 6.54 Å². The molecule has 0 saturated carbocycles. The van der Waals surface area contributed by atoms with Gasteiger partial charge in [0.2, 0.25) is 0 Å². The molecular formula is C28H43ClNNaO2. The predicted octanol–water partition coefficient (Wildman–Crippen LogP) is 0.514. The number of aromatic nitrogens is 1. The number of hydrogen-bond acceptors (Lipinski definition) is 2. The van der Waals surface area contributed by atoms with Crippen LogP contribution in [0.25, 0.3) is 0 Å². The van der Waals surface area contributed by atoms with Gasteiger partial charge in [0.15, 0.2) is 12.4 Å². The van der Waals surface area contributed by atoms with Crippen LogP contribution in [0, 0.1) is 0 Å². The van der Waals surface area contributed by atoms with Crippen LogP contribution in [0.1, 0.15) is 107 Å². The molecule has 0 aliphatic rings. The van der Waals surface area contributed by atoms with Gasteiger partial charge in [0, 0.05) is 18.6 Å². The minimum absolute atomic E-state index is 0. The monoisotopic (exact) mass is 483 g/mol. The summed E-state index contributed by atoms with van der Waals surface area (Å²) in [5, 5.41) is 10.1. The van der Waals surface area contributed by atoms with Gasteiger partial charge in [-0.15, -0.1) is 0 Å². The van der Waals surface area contributed by atoms with E-state index in [1.165, 1.54) is 109 Å². The maximum atomic E-state index is 10.1. The second kappa shape index (κ2) is 25.7. The first-order valence-corrected chi connectivity index (χ1v) is 12.4. The Morgan fingerprint density at radius 1 is 0.667 bits per heavy atom. The Kier molecular flexibility index (Phi) is 26.8. The summed E-state index contributed by atoms with van der Waals surface area (Å²) in [4.78, 5) is 10.1. The van der Waals surface area contributed by atoms with Crippen LogP contribution < -0.4 is 51.6 Å². The third kappa shape index (κ3) is 21.4. The van der Waals surface area contributed by atoms with E-state index in [4.69, 9.17) is 0 Å². The summed E-state index contributed by atoms with van der Waals surface area (Å²) in [5.74, 6) is -1.13. The molecule has 3 nitrogen and oxygen atoms in total. The van der Waals surface area contributed by atoms with Crippen LogP contribution in [0.2, 0.25) is 0 Å². The number of aryl methyl sites for hydroxylation is 1. The molecule has 33 heavy (non-hydrogen) atoms. The second-order valence-electron chi connectivity index (χ2n) is 8.36. The maximum absolute atomic E-state index is 10.1. The molecule has 0 spiro atoms. The molecule has 0 bridgehead atoms. The smallest absolute Gasteiger partial charge is 1.00 e. The summed E-state index contributed by atoms with van der Waals surface area (Å²) in [6.45, 7) is 3.47. The van der Waals surface area contributed by atoms with E-state index in [0.29, 0.717) is 0 Å². The van der Waals surface area contributed by atoms with Crippen LogP contribution >= 0.6 is 0 Å². The number of rotatable bonds is 16. The summed E-state index contributed by atoms with van der Waals surface area (Å²) < 4.78 is 2.29. The van der Waals surface area contributed by atoms with Crippen molar-refractivity contribution < 1.29 is 56.4 Å². The van der Waals surface area contributed by atoms with Crippen molar-refractivity contribution in [1.29, 1.82) is 0 Å². The summed E-state index contributed by atoms with van der Waals surface area (Å²) in [6.07, 6.45) is 24.4. The number of hydrogen-bond donors (Lipinski definition) is 0. The van der Waals surface area contributed by atoms with Crippen LogP contribution in [0.5, 0.6) is 0 Å². The number of carboxylic acids is 1. The number of benzene rings is 1. The molecule has 0 radical (unpaired) electrons. The third-order valence-corrected chi connectivity index (χ3v) is 5.56. The van der Waals surface area contributed by atoms with E-state index in [-0.39, 0.29) is 47.5 Å². The van der Waals surface area contributed by atoms with Crippen molar-refractivity contribution in [2.75, 3.05) is 0 Å². The molecule has 1 aromatic carbocycles. The summed E-state index contributed by atoms with van der Waals surface area (Å²) in [6, 6.07) is 14.4. The Labute approximate surface area is 231 Å². The van der Waals surface area contributed by atoms with Crippen LogP contribution in [0.15, 0.2) is 60.9 Å². The van der Waals surface area contributed by atoms with Crippen molar-refractivity contribution in [2.24, 2.45) is 0 Å². The largest absolute Gasteiger partial charge is 1.00 e. The first-order chi connectivity index (χ1) is 15.2. The van der Waals surface area contributed by atoms with Crippen molar-refractivity contribution in [3.63, 3.8) is 0 Å². The van der Waals surface area contributed by atoms with Gasteiger partial charge >= 0.3 is 29.6 Å². The zero-order valence-corrected chi connectivity index (χ0v) is 23.8. The molecule has 0 amide bonds. The molecule has 180 valence electrons. The van der Waals surface area contributed by atoms with Crippen LogP contribution in [0.4, 0.5) is 0 Å². The minimum Gasteiger partial charge on any atom is -1.00 e. The first kappa shape index (κ1) is 34.3. The van der Waals surface area contributed by atoms with E-state index in [1.54, 1.807) is 18.2 Å². The minimum atomic E-state index is -1.13. The standard InChI is InChI=1S/C21H38N.C7H6O2.ClH.Na/c1-2-3-4-5-6-7-8-9-10-11-12-13-14-16-19-22-20-17-15-18-21-22;8-7(9)6-4-2-1-3-5-6;;/h15,17-18,20-21H,2-14,16,19H2,1H3;1-5H,(H,8,9);1H;/q+1;;;+1/p-2. The fourth-order valence-corrected chi connectivity index (χ4v) is 3.65. The van der Waals surface area contributed by atoms with E-state index >= 15 is 0 Å². The van der Waals surface area contributed by atoms with Crippen molar-refractivity contribution in [2.45, 2.75) is 103 Å². The number of aromatic carboxylic acids is 1. The number of nitrogens with zero attached hydrogens (tertiary/aromatic N) is 1. The SMILES string of the molecule is CCCCCCCCCCCCCCCC[n+]1ccccc1.O=C([O-])c1ccccc1.[Cl-].[Na+]. The molecule has 0 saturated heterocycles. The zero-order chi connectivity index (χ0) is 22.4. The zero-order valence-electron chi connectivity index (χ0n) is 21.0. The number of unbranched alkanes of at least 4 members (excludes halogenated alkanes) is 13. The van der Waals surface area contributed by atoms with Crippen molar-refractivity contribution >= 4 is 5.97 Å². The van der Waals surface area contributed by atoms with Gasteiger partial charge in [0.05, 0.1) is 5.97 Å². The molecule has 0 aliphatic heterocycles. The number of carbonyl (C=O) groups is 1. The predicted molar refractivity (Wildman–Crippen MR) is 128 cm³/mol. The van der Waals surface area contributed by atoms with Gasteiger partial charge < -0.3 is 22.3 Å². The molecule has 0 aliphatic carbocycles. The number of halogens is 1. The van der Waals surface area contributed by atoms with Crippen molar-refractivity contribution in [1.82, 2.24) is 0 Å². The molecule has 0 atom stereocenters.